The van der Waals surface area contributed by atoms with Gasteiger partial charge in [-0.05, 0) is 24.3 Å². The van der Waals surface area contributed by atoms with Crippen molar-refractivity contribution in [3.05, 3.63) is 71.8 Å². The largest absolute Gasteiger partial charge is 0.459 e. The predicted octanol–water partition coefficient (Wildman–Crippen LogP) is 2.49. The van der Waals surface area contributed by atoms with Crippen LogP contribution in [0.3, 0.4) is 0 Å². The summed E-state index contributed by atoms with van der Waals surface area (Å²) in [5.74, 6) is -1.15. The zero-order valence-corrected chi connectivity index (χ0v) is 15.6. The first-order valence-corrected chi connectivity index (χ1v) is 8.75. The topological polar surface area (TPSA) is 94.4 Å². The molecule has 0 amide bonds. The lowest BCUT2D eigenvalue weighted by Crippen LogP contribution is -2.36. The number of aliphatic imine (C=N–C) groups is 1. The molecule has 0 aliphatic heterocycles. The fraction of sp³-hybridized carbons (Fsp3) is 0.286. The fourth-order valence-electron chi connectivity index (χ4n) is 2.30. The number of benzene rings is 2. The first-order valence-electron chi connectivity index (χ1n) is 8.75. The molecule has 0 aliphatic rings. The molecule has 7 heteroatoms. The van der Waals surface area contributed by atoms with Gasteiger partial charge in [-0.25, -0.2) is 9.59 Å². The molecule has 2 aromatic rings. The number of methoxy groups -OCH3 is 1. The van der Waals surface area contributed by atoms with Gasteiger partial charge in [-0.3, -0.25) is 4.99 Å². The first-order chi connectivity index (χ1) is 13.6. The molecule has 0 spiro atoms. The minimum atomic E-state index is -1.21. The van der Waals surface area contributed by atoms with Crippen molar-refractivity contribution in [3.63, 3.8) is 0 Å². The Balaban J connectivity index is 1.98. The van der Waals surface area contributed by atoms with E-state index >= 15 is 0 Å². The maximum Gasteiger partial charge on any atom is 0.338 e. The summed E-state index contributed by atoms with van der Waals surface area (Å²) in [7, 11) is 1.50. The zero-order valence-electron chi connectivity index (χ0n) is 15.6. The average Bonchev–Trinajstić information content (AvgIpc) is 2.75. The summed E-state index contributed by atoms with van der Waals surface area (Å²) in [6.07, 6.45) is -0.507. The van der Waals surface area contributed by atoms with Gasteiger partial charge >= 0.3 is 11.9 Å². The van der Waals surface area contributed by atoms with Crippen molar-refractivity contribution < 1.29 is 28.9 Å². The molecule has 0 heterocycles. The highest BCUT2D eigenvalue weighted by Crippen LogP contribution is 2.11. The van der Waals surface area contributed by atoms with Crippen LogP contribution in [0.15, 0.2) is 65.7 Å². The highest BCUT2D eigenvalue weighted by molar-refractivity contribution is 5.90. The van der Waals surface area contributed by atoms with Crippen molar-refractivity contribution in [1.29, 1.82) is 0 Å². The smallest absolute Gasteiger partial charge is 0.338 e. The molecule has 2 rings (SSSR count). The number of carbonyl (C=O) groups is 2. The summed E-state index contributed by atoms with van der Waals surface area (Å²) in [5, 5.41) is 10.4. The average molecular weight is 385 g/mol. The van der Waals surface area contributed by atoms with Gasteiger partial charge in [0.2, 0.25) is 0 Å². The Kier molecular flexibility index (Phi) is 8.84. The van der Waals surface area contributed by atoms with Gasteiger partial charge in [0.05, 0.1) is 11.1 Å². The Labute approximate surface area is 163 Å². The normalized spacial score (nSPS) is 13.1. The van der Waals surface area contributed by atoms with Crippen LogP contribution in [0.2, 0.25) is 0 Å². The lowest BCUT2D eigenvalue weighted by molar-refractivity contribution is -0.0406. The summed E-state index contributed by atoms with van der Waals surface area (Å²) in [6, 6.07) is 16.9. The maximum absolute atomic E-state index is 12.3. The standard InChI is InChI=1S/C21H23NO6/c1-26-15-22-13-12-19(28-21(25)17-10-6-3-7-11-17)18(23)14-27-20(24)16-8-4-2-5-9-16/h2-11,13,18-19,23H,12,14-15H2,1H3/b22-13+/t18-,19+/m1/s1. The minimum absolute atomic E-state index is 0.145. The fourth-order valence-corrected chi connectivity index (χ4v) is 2.30. The number of rotatable bonds is 10. The summed E-state index contributed by atoms with van der Waals surface area (Å²) in [5.41, 5.74) is 0.726. The number of aliphatic hydroxyl groups is 1. The molecular weight excluding hydrogens is 362 g/mol. The van der Waals surface area contributed by atoms with Gasteiger partial charge in [-0.2, -0.15) is 0 Å². The Morgan fingerprint density at radius 3 is 2.14 bits per heavy atom. The van der Waals surface area contributed by atoms with E-state index in [4.69, 9.17) is 14.2 Å². The number of esters is 2. The molecule has 0 unspecified atom stereocenters. The van der Waals surface area contributed by atoms with Gasteiger partial charge in [-0.1, -0.05) is 36.4 Å². The maximum atomic E-state index is 12.3. The van der Waals surface area contributed by atoms with E-state index in [9.17, 15) is 14.7 Å². The molecule has 0 aliphatic carbocycles. The van der Waals surface area contributed by atoms with E-state index in [0.29, 0.717) is 11.1 Å². The Morgan fingerprint density at radius 1 is 1.00 bits per heavy atom. The summed E-state index contributed by atoms with van der Waals surface area (Å²) >= 11 is 0. The van der Waals surface area contributed by atoms with Crippen LogP contribution in [0.1, 0.15) is 27.1 Å². The van der Waals surface area contributed by atoms with Crippen LogP contribution in [0.25, 0.3) is 0 Å². The SMILES string of the molecule is COC/N=C/C[C@H](OC(=O)c1ccccc1)[C@H](O)COC(=O)c1ccccc1. The van der Waals surface area contributed by atoms with Gasteiger partial charge in [0.1, 0.15) is 25.5 Å². The molecule has 0 fully saturated rings. The van der Waals surface area contributed by atoms with Crippen LogP contribution in [0, 0.1) is 0 Å². The van der Waals surface area contributed by atoms with Gasteiger partial charge < -0.3 is 19.3 Å². The quantitative estimate of drug-likeness (QED) is 0.499. The molecule has 0 saturated heterocycles. The summed E-state index contributed by atoms with van der Waals surface area (Å²) < 4.78 is 15.4. The number of nitrogens with zero attached hydrogens (tertiary/aromatic N) is 1. The lowest BCUT2D eigenvalue weighted by atomic mass is 10.1. The van der Waals surface area contributed by atoms with Crippen molar-refractivity contribution in [2.45, 2.75) is 18.6 Å². The van der Waals surface area contributed by atoms with Gasteiger partial charge in [0, 0.05) is 19.7 Å². The number of aliphatic hydroxyl groups excluding tert-OH is 1. The van der Waals surface area contributed by atoms with Gasteiger partial charge in [0.15, 0.2) is 0 Å². The van der Waals surface area contributed by atoms with Crippen LogP contribution in [0.5, 0.6) is 0 Å². The number of hydrogen-bond acceptors (Lipinski definition) is 7. The van der Waals surface area contributed by atoms with Gasteiger partial charge in [-0.15, -0.1) is 0 Å². The van der Waals surface area contributed by atoms with Gasteiger partial charge in [0.25, 0.3) is 0 Å². The summed E-state index contributed by atoms with van der Waals surface area (Å²) in [6.45, 7) is -0.170. The monoisotopic (exact) mass is 385 g/mol. The van der Waals surface area contributed by atoms with E-state index in [1.54, 1.807) is 60.7 Å². The Hall–Kier alpha value is -3.03. The van der Waals surface area contributed by atoms with E-state index in [0.717, 1.165) is 0 Å². The molecule has 0 radical (unpaired) electrons. The van der Waals surface area contributed by atoms with Crippen LogP contribution in [-0.2, 0) is 14.2 Å². The van der Waals surface area contributed by atoms with Crippen LogP contribution in [-0.4, -0.2) is 55.9 Å². The molecule has 0 saturated carbocycles. The van der Waals surface area contributed by atoms with Crippen LogP contribution < -0.4 is 0 Å². The highest BCUT2D eigenvalue weighted by atomic mass is 16.6. The Bertz CT molecular complexity index is 763. The van der Waals surface area contributed by atoms with E-state index in [1.165, 1.54) is 13.3 Å². The molecule has 2 aromatic carbocycles. The number of hydrogen-bond donors (Lipinski definition) is 1. The number of carbonyl (C=O) groups excluding carboxylic acids is 2. The molecular formula is C21H23NO6. The van der Waals surface area contributed by atoms with E-state index in [2.05, 4.69) is 4.99 Å². The van der Waals surface area contributed by atoms with Crippen molar-refractivity contribution in [1.82, 2.24) is 0 Å². The highest BCUT2D eigenvalue weighted by Gasteiger charge is 2.25. The van der Waals surface area contributed by atoms with Crippen molar-refractivity contribution in [3.8, 4) is 0 Å². The minimum Gasteiger partial charge on any atom is -0.459 e. The third kappa shape index (κ3) is 6.94. The first kappa shape index (κ1) is 21.3. The molecule has 7 nitrogen and oxygen atoms in total. The van der Waals surface area contributed by atoms with Crippen LogP contribution in [0.4, 0.5) is 0 Å². The second-order valence-electron chi connectivity index (χ2n) is 5.86. The number of ether oxygens (including phenoxy) is 3. The van der Waals surface area contributed by atoms with E-state index in [1.807, 2.05) is 0 Å². The predicted molar refractivity (Wildman–Crippen MR) is 103 cm³/mol. The van der Waals surface area contributed by atoms with E-state index < -0.39 is 24.1 Å². The third-order valence-corrected chi connectivity index (χ3v) is 3.76. The second kappa shape index (κ2) is 11.6. The Morgan fingerprint density at radius 2 is 1.57 bits per heavy atom. The summed E-state index contributed by atoms with van der Waals surface area (Å²) in [4.78, 5) is 28.3. The van der Waals surface area contributed by atoms with Crippen molar-refractivity contribution in [2.75, 3.05) is 20.4 Å². The lowest BCUT2D eigenvalue weighted by Gasteiger charge is -2.22. The molecule has 28 heavy (non-hydrogen) atoms. The van der Waals surface area contributed by atoms with E-state index in [-0.39, 0.29) is 19.8 Å². The molecule has 0 bridgehead atoms. The third-order valence-electron chi connectivity index (χ3n) is 3.76. The van der Waals surface area contributed by atoms with Crippen LogP contribution >= 0.6 is 0 Å². The van der Waals surface area contributed by atoms with Crippen molar-refractivity contribution in [2.24, 2.45) is 4.99 Å². The zero-order chi connectivity index (χ0) is 20.2. The molecule has 2 atom stereocenters. The second-order valence-corrected chi connectivity index (χ2v) is 5.86. The molecule has 1 N–H and O–H groups in total. The van der Waals surface area contributed by atoms with Crippen molar-refractivity contribution >= 4 is 18.2 Å². The molecule has 0 aromatic heterocycles. The molecule has 148 valence electrons.